The van der Waals surface area contributed by atoms with Gasteiger partial charge in [0.25, 0.3) is 0 Å². The zero-order valence-electron chi connectivity index (χ0n) is 9.95. The third-order valence-corrected chi connectivity index (χ3v) is 2.43. The van der Waals surface area contributed by atoms with Crippen molar-refractivity contribution in [1.29, 1.82) is 0 Å². The molecule has 0 saturated heterocycles. The van der Waals surface area contributed by atoms with E-state index in [2.05, 4.69) is 0 Å². The molecule has 2 aromatic carbocycles. The van der Waals surface area contributed by atoms with Crippen molar-refractivity contribution >= 4 is 12.0 Å². The van der Waals surface area contributed by atoms with E-state index in [4.69, 9.17) is 4.74 Å². The molecule has 90 valence electrons. The third kappa shape index (κ3) is 3.59. The lowest BCUT2D eigenvalue weighted by molar-refractivity contribution is 0.0550. The number of hydrogen-bond donors (Lipinski definition) is 0. The first-order valence-corrected chi connectivity index (χ1v) is 5.80. The van der Waals surface area contributed by atoms with Crippen molar-refractivity contribution in [2.75, 3.05) is 6.61 Å². The lowest BCUT2D eigenvalue weighted by atomic mass is 10.2. The Kier molecular flexibility index (Phi) is 4.31. The van der Waals surface area contributed by atoms with Gasteiger partial charge in [-0.15, -0.1) is 0 Å². The average Bonchev–Trinajstić information content (AvgIpc) is 2.45. The molecule has 18 heavy (non-hydrogen) atoms. The quantitative estimate of drug-likeness (QED) is 0.761. The van der Waals surface area contributed by atoms with E-state index in [1.54, 1.807) is 12.1 Å². The van der Waals surface area contributed by atoms with Crippen LogP contribution in [0.15, 0.2) is 66.7 Å². The van der Waals surface area contributed by atoms with Crippen LogP contribution in [0.2, 0.25) is 0 Å². The molecule has 0 bridgehead atoms. The van der Waals surface area contributed by atoms with Gasteiger partial charge in [0.1, 0.15) is 6.61 Å². The number of rotatable bonds is 4. The lowest BCUT2D eigenvalue weighted by Crippen LogP contribution is -2.04. The molecular weight excluding hydrogens is 224 g/mol. The van der Waals surface area contributed by atoms with E-state index in [-0.39, 0.29) is 12.6 Å². The predicted octanol–water partition coefficient (Wildman–Crippen LogP) is 3.56. The molecule has 0 aliphatic rings. The summed E-state index contributed by atoms with van der Waals surface area (Å²) in [4.78, 5) is 11.6. The summed E-state index contributed by atoms with van der Waals surface area (Å²) in [5.74, 6) is -0.298. The van der Waals surface area contributed by atoms with E-state index < -0.39 is 0 Å². The van der Waals surface area contributed by atoms with E-state index in [0.29, 0.717) is 5.56 Å². The van der Waals surface area contributed by atoms with Crippen LogP contribution in [-0.2, 0) is 4.74 Å². The van der Waals surface area contributed by atoms with Gasteiger partial charge < -0.3 is 4.74 Å². The summed E-state index contributed by atoms with van der Waals surface area (Å²) in [7, 11) is 0. The SMILES string of the molecule is O=C(OC/C=C/c1ccccc1)c1ccccc1. The highest BCUT2D eigenvalue weighted by molar-refractivity contribution is 5.89. The van der Waals surface area contributed by atoms with Gasteiger partial charge in [0.2, 0.25) is 0 Å². The number of carbonyl (C=O) groups excluding carboxylic acids is 1. The lowest BCUT2D eigenvalue weighted by Gasteiger charge is -2.01. The molecule has 2 nitrogen and oxygen atoms in total. The van der Waals surface area contributed by atoms with Crippen LogP contribution >= 0.6 is 0 Å². The maximum Gasteiger partial charge on any atom is 0.338 e. The normalized spacial score (nSPS) is 10.4. The number of benzene rings is 2. The maximum absolute atomic E-state index is 11.6. The first kappa shape index (κ1) is 12.1. The summed E-state index contributed by atoms with van der Waals surface area (Å²) in [5.41, 5.74) is 1.67. The standard InChI is InChI=1S/C16H14O2/c17-16(15-11-5-2-6-12-15)18-13-7-10-14-8-3-1-4-9-14/h1-12H,13H2/b10-7+. The average molecular weight is 238 g/mol. The van der Waals surface area contributed by atoms with Crippen LogP contribution in [0.1, 0.15) is 15.9 Å². The molecule has 0 radical (unpaired) electrons. The Morgan fingerprint density at radius 3 is 2.22 bits per heavy atom. The zero-order valence-corrected chi connectivity index (χ0v) is 9.95. The maximum atomic E-state index is 11.6. The summed E-state index contributed by atoms with van der Waals surface area (Å²) in [6.07, 6.45) is 3.76. The van der Waals surface area contributed by atoms with Crippen LogP contribution in [0.3, 0.4) is 0 Å². The molecular formula is C16H14O2. The molecule has 0 atom stereocenters. The van der Waals surface area contributed by atoms with Crippen molar-refractivity contribution in [2.45, 2.75) is 0 Å². The minimum atomic E-state index is -0.298. The fourth-order valence-electron chi connectivity index (χ4n) is 1.53. The number of esters is 1. The van der Waals surface area contributed by atoms with Gasteiger partial charge in [-0.2, -0.15) is 0 Å². The Hall–Kier alpha value is -2.35. The Labute approximate surface area is 107 Å². The van der Waals surface area contributed by atoms with Crippen molar-refractivity contribution in [3.63, 3.8) is 0 Å². The van der Waals surface area contributed by atoms with Crippen molar-refractivity contribution in [3.05, 3.63) is 77.9 Å². The smallest absolute Gasteiger partial charge is 0.338 e. The van der Waals surface area contributed by atoms with E-state index in [0.717, 1.165) is 5.56 Å². The molecule has 0 aromatic heterocycles. The van der Waals surface area contributed by atoms with Crippen LogP contribution in [0.5, 0.6) is 0 Å². The number of carbonyl (C=O) groups is 1. The van der Waals surface area contributed by atoms with E-state index in [1.807, 2.05) is 60.7 Å². The minimum Gasteiger partial charge on any atom is -0.458 e. The summed E-state index contributed by atoms with van der Waals surface area (Å²) in [6, 6.07) is 18.9. The summed E-state index contributed by atoms with van der Waals surface area (Å²) in [6.45, 7) is 0.280. The largest absolute Gasteiger partial charge is 0.458 e. The van der Waals surface area contributed by atoms with Gasteiger partial charge in [-0.3, -0.25) is 0 Å². The van der Waals surface area contributed by atoms with E-state index in [9.17, 15) is 4.79 Å². The second-order valence-electron chi connectivity index (χ2n) is 3.78. The van der Waals surface area contributed by atoms with Crippen molar-refractivity contribution in [1.82, 2.24) is 0 Å². The molecule has 0 unspecified atom stereocenters. The second kappa shape index (κ2) is 6.40. The molecule has 0 spiro atoms. The van der Waals surface area contributed by atoms with Gasteiger partial charge in [-0.25, -0.2) is 4.79 Å². The Balaban J connectivity index is 1.83. The highest BCUT2D eigenvalue weighted by Crippen LogP contribution is 2.03. The Morgan fingerprint density at radius 1 is 0.944 bits per heavy atom. The topological polar surface area (TPSA) is 26.3 Å². The fraction of sp³-hybridized carbons (Fsp3) is 0.0625. The van der Waals surface area contributed by atoms with E-state index in [1.165, 1.54) is 0 Å². The molecule has 2 heteroatoms. The van der Waals surface area contributed by atoms with Gasteiger partial charge in [-0.1, -0.05) is 54.6 Å². The summed E-state index contributed by atoms with van der Waals surface area (Å²) >= 11 is 0. The third-order valence-electron chi connectivity index (χ3n) is 2.43. The van der Waals surface area contributed by atoms with Gasteiger partial charge in [0, 0.05) is 0 Å². The molecule has 0 aliphatic carbocycles. The molecule has 2 aromatic rings. The van der Waals surface area contributed by atoms with Crippen LogP contribution in [0.4, 0.5) is 0 Å². The monoisotopic (exact) mass is 238 g/mol. The van der Waals surface area contributed by atoms with Gasteiger partial charge in [-0.05, 0) is 23.8 Å². The molecule has 0 saturated carbocycles. The zero-order chi connectivity index (χ0) is 12.6. The molecule has 2 rings (SSSR count). The number of hydrogen-bond acceptors (Lipinski definition) is 2. The van der Waals surface area contributed by atoms with Gasteiger partial charge in [0.05, 0.1) is 5.56 Å². The highest BCUT2D eigenvalue weighted by Gasteiger charge is 2.03. The van der Waals surface area contributed by atoms with Crippen LogP contribution < -0.4 is 0 Å². The van der Waals surface area contributed by atoms with Crippen molar-refractivity contribution in [3.8, 4) is 0 Å². The van der Waals surface area contributed by atoms with Crippen LogP contribution in [-0.4, -0.2) is 12.6 Å². The molecule has 0 heterocycles. The first-order chi connectivity index (χ1) is 8.86. The van der Waals surface area contributed by atoms with Crippen molar-refractivity contribution < 1.29 is 9.53 Å². The number of ether oxygens (including phenoxy) is 1. The van der Waals surface area contributed by atoms with Crippen molar-refractivity contribution in [2.24, 2.45) is 0 Å². The van der Waals surface area contributed by atoms with Crippen LogP contribution in [0, 0.1) is 0 Å². The fourth-order valence-corrected chi connectivity index (χ4v) is 1.53. The van der Waals surface area contributed by atoms with E-state index >= 15 is 0 Å². The van der Waals surface area contributed by atoms with Crippen LogP contribution in [0.25, 0.3) is 6.08 Å². The Morgan fingerprint density at radius 2 is 1.56 bits per heavy atom. The summed E-state index contributed by atoms with van der Waals surface area (Å²) < 4.78 is 5.12. The highest BCUT2D eigenvalue weighted by atomic mass is 16.5. The molecule has 0 fully saturated rings. The minimum absolute atomic E-state index is 0.280. The molecule has 0 aliphatic heterocycles. The predicted molar refractivity (Wildman–Crippen MR) is 72.2 cm³/mol. The molecule has 0 amide bonds. The Bertz CT molecular complexity index is 515. The molecule has 0 N–H and O–H groups in total. The van der Waals surface area contributed by atoms with Gasteiger partial charge >= 0.3 is 5.97 Å². The van der Waals surface area contributed by atoms with Gasteiger partial charge in [0.15, 0.2) is 0 Å². The summed E-state index contributed by atoms with van der Waals surface area (Å²) in [5, 5.41) is 0. The first-order valence-electron chi connectivity index (χ1n) is 5.80. The second-order valence-corrected chi connectivity index (χ2v) is 3.78.